The summed E-state index contributed by atoms with van der Waals surface area (Å²) in [6.45, 7) is 6.17. The maximum absolute atomic E-state index is 11.9. The van der Waals surface area contributed by atoms with Gasteiger partial charge in [0.2, 0.25) is 0 Å². The van der Waals surface area contributed by atoms with Crippen molar-refractivity contribution in [3.63, 3.8) is 0 Å². The smallest absolute Gasteiger partial charge is 0.187 e. The van der Waals surface area contributed by atoms with Crippen LogP contribution in [0.25, 0.3) is 0 Å². The van der Waals surface area contributed by atoms with Crippen LogP contribution in [0.3, 0.4) is 0 Å². The largest absolute Gasteiger partial charge is 0.388 e. The number of hydrogen-bond donors (Lipinski definition) is 7. The van der Waals surface area contributed by atoms with Crippen molar-refractivity contribution in [2.75, 3.05) is 13.2 Å². The second-order valence-corrected chi connectivity index (χ2v) is 10.4. The van der Waals surface area contributed by atoms with Gasteiger partial charge in [0.05, 0.1) is 19.3 Å². The first kappa shape index (κ1) is 29.3. The fourth-order valence-electron chi connectivity index (χ4n) is 4.68. The molecule has 0 saturated carbocycles. The molecule has 36 heavy (non-hydrogen) atoms. The molecule has 2 fully saturated rings. The van der Waals surface area contributed by atoms with Gasteiger partial charge in [-0.25, -0.2) is 0 Å². The van der Waals surface area contributed by atoms with Crippen LogP contribution in [0.15, 0.2) is 23.8 Å². The maximum Gasteiger partial charge on any atom is 0.187 e. The molecular weight excluding hydrogens is 480 g/mol. The molecule has 7 N–H and O–H groups in total. The molecule has 0 amide bonds. The molecule has 0 unspecified atom stereocenters. The van der Waals surface area contributed by atoms with E-state index in [1.807, 2.05) is 0 Å². The van der Waals surface area contributed by atoms with Crippen LogP contribution in [0.2, 0.25) is 0 Å². The maximum atomic E-state index is 11.9. The monoisotopic (exact) mass is 518 g/mol. The number of aliphatic hydroxyl groups is 7. The molecule has 12 heteroatoms. The molecule has 2 heterocycles. The van der Waals surface area contributed by atoms with Gasteiger partial charge in [0.1, 0.15) is 48.3 Å². The summed E-state index contributed by atoms with van der Waals surface area (Å²) in [7, 11) is 0. The molecule has 3 rings (SSSR count). The van der Waals surface area contributed by atoms with Crippen LogP contribution in [-0.4, -0.2) is 122 Å². The lowest BCUT2D eigenvalue weighted by atomic mass is 9.64. The summed E-state index contributed by atoms with van der Waals surface area (Å²) in [4.78, 5) is 11.9. The summed E-state index contributed by atoms with van der Waals surface area (Å²) in [5, 5.41) is 71.6. The Bertz CT molecular complexity index is 843. The van der Waals surface area contributed by atoms with E-state index in [0.717, 1.165) is 0 Å². The number of hydrogen-bond acceptors (Lipinski definition) is 12. The molecule has 0 bridgehead atoms. The molecule has 2 aliphatic heterocycles. The third kappa shape index (κ3) is 5.89. The predicted molar refractivity (Wildman–Crippen MR) is 122 cm³/mol. The van der Waals surface area contributed by atoms with Crippen molar-refractivity contribution in [1.29, 1.82) is 0 Å². The van der Waals surface area contributed by atoms with Crippen LogP contribution >= 0.6 is 0 Å². The van der Waals surface area contributed by atoms with Crippen LogP contribution in [-0.2, 0) is 23.7 Å². The fourth-order valence-corrected chi connectivity index (χ4v) is 4.68. The highest BCUT2D eigenvalue weighted by Gasteiger charge is 2.48. The summed E-state index contributed by atoms with van der Waals surface area (Å²) in [5.41, 5.74) is -1.69. The summed E-state index contributed by atoms with van der Waals surface area (Å²) >= 11 is 0. The third-order valence-electron chi connectivity index (χ3n) is 7.13. The first-order valence-electron chi connectivity index (χ1n) is 11.9. The molecule has 11 atom stereocenters. The second kappa shape index (κ2) is 11.2. The van der Waals surface area contributed by atoms with Crippen molar-refractivity contribution in [2.24, 2.45) is 5.41 Å². The van der Waals surface area contributed by atoms with E-state index < -0.39 is 79.0 Å². The van der Waals surface area contributed by atoms with Crippen LogP contribution in [0.5, 0.6) is 0 Å². The number of aliphatic hydroxyl groups excluding tert-OH is 6. The van der Waals surface area contributed by atoms with Crippen molar-refractivity contribution >= 4 is 5.78 Å². The number of ketones is 1. The van der Waals surface area contributed by atoms with Gasteiger partial charge < -0.3 is 54.7 Å². The zero-order chi connectivity index (χ0) is 27.0. The minimum absolute atomic E-state index is 0.0729. The molecular formula is C24H38O12. The van der Waals surface area contributed by atoms with E-state index in [2.05, 4.69) is 0 Å². The zero-order valence-corrected chi connectivity index (χ0v) is 20.8. The van der Waals surface area contributed by atoms with Crippen molar-refractivity contribution < 1.29 is 59.5 Å². The van der Waals surface area contributed by atoms with Gasteiger partial charge in [0.15, 0.2) is 18.4 Å². The molecule has 0 aromatic carbocycles. The topological polar surface area (TPSA) is 196 Å². The van der Waals surface area contributed by atoms with Gasteiger partial charge in [-0.3, -0.25) is 4.79 Å². The molecule has 0 aromatic rings. The van der Waals surface area contributed by atoms with Crippen LogP contribution < -0.4 is 0 Å². The van der Waals surface area contributed by atoms with Crippen molar-refractivity contribution in [2.45, 2.75) is 101 Å². The molecule has 12 nitrogen and oxygen atoms in total. The van der Waals surface area contributed by atoms with Gasteiger partial charge in [-0.1, -0.05) is 19.9 Å². The van der Waals surface area contributed by atoms with E-state index in [0.29, 0.717) is 5.57 Å². The Morgan fingerprint density at radius 1 is 1.06 bits per heavy atom. The van der Waals surface area contributed by atoms with Gasteiger partial charge >= 0.3 is 0 Å². The molecule has 206 valence electrons. The van der Waals surface area contributed by atoms with Gasteiger partial charge in [-0.15, -0.1) is 0 Å². The molecule has 0 radical (unpaired) electrons. The number of ether oxygens (including phenoxy) is 4. The molecule has 0 aromatic heterocycles. The van der Waals surface area contributed by atoms with Gasteiger partial charge in [0, 0.05) is 11.8 Å². The summed E-state index contributed by atoms with van der Waals surface area (Å²) in [5.74, 6) is -0.0729. The normalized spacial score (nSPS) is 44.5. The highest BCUT2D eigenvalue weighted by molar-refractivity contribution is 5.92. The Morgan fingerprint density at radius 2 is 1.69 bits per heavy atom. The lowest BCUT2D eigenvalue weighted by molar-refractivity contribution is -0.324. The molecule has 0 spiro atoms. The summed E-state index contributed by atoms with van der Waals surface area (Å²) in [6, 6.07) is 0. The standard InChI is InChI=1S/C24H38O12/c1-11-7-13(25)8-23(3,4)24(11,32)6-5-12(2)35-22-20(31)18(29)17(28)15(36-22)10-34-21-19(30)16(27)14(26)9-33-21/h5-7,12,14-22,26-32H,8-10H2,1-4H3/b6-5+/t12-,14-,15-,16+,17-,18+,19-,20-,21-,22-,24-/m0/s1. The summed E-state index contributed by atoms with van der Waals surface area (Å²) < 4.78 is 21.9. The quantitative estimate of drug-likeness (QED) is 0.181. The van der Waals surface area contributed by atoms with E-state index in [-0.39, 0.29) is 18.8 Å². The van der Waals surface area contributed by atoms with Gasteiger partial charge in [0.25, 0.3) is 0 Å². The Kier molecular flexibility index (Phi) is 9.12. The van der Waals surface area contributed by atoms with Crippen molar-refractivity contribution in [3.05, 3.63) is 23.8 Å². The Balaban J connectivity index is 1.64. The lowest BCUT2D eigenvalue weighted by Crippen LogP contribution is -2.60. The van der Waals surface area contributed by atoms with Gasteiger partial charge in [-0.05, 0) is 31.6 Å². The van der Waals surface area contributed by atoms with Crippen molar-refractivity contribution in [3.8, 4) is 0 Å². The van der Waals surface area contributed by atoms with Crippen molar-refractivity contribution in [1.82, 2.24) is 0 Å². The van der Waals surface area contributed by atoms with Crippen LogP contribution in [0, 0.1) is 5.41 Å². The minimum atomic E-state index is -1.64. The number of allylic oxidation sites excluding steroid dienone is 1. The first-order chi connectivity index (χ1) is 16.7. The third-order valence-corrected chi connectivity index (χ3v) is 7.13. The lowest BCUT2D eigenvalue weighted by Gasteiger charge is -2.44. The van der Waals surface area contributed by atoms with E-state index in [9.17, 15) is 40.5 Å². The number of rotatable bonds is 7. The SMILES string of the molecule is CC1=CC(=O)CC(C)(C)[C@]1(O)/C=C/[C@H](C)O[C@H]1O[C@@H](CO[C@@H]2OC[C@H](O)[C@@H](O)[C@@H]2O)[C@H](O)[C@@H](O)[C@@H]1O. The number of carbonyl (C=O) groups excluding carboxylic acids is 1. The Morgan fingerprint density at radius 3 is 2.33 bits per heavy atom. The van der Waals surface area contributed by atoms with Crippen LogP contribution in [0.4, 0.5) is 0 Å². The minimum Gasteiger partial charge on any atom is -0.388 e. The van der Waals surface area contributed by atoms with E-state index >= 15 is 0 Å². The van der Waals surface area contributed by atoms with Gasteiger partial charge in [-0.2, -0.15) is 0 Å². The Labute approximate surface area is 209 Å². The molecule has 3 aliphatic rings. The van der Waals surface area contributed by atoms with E-state index in [1.54, 1.807) is 33.8 Å². The predicted octanol–water partition coefficient (Wildman–Crippen LogP) is -2.11. The molecule has 1 aliphatic carbocycles. The number of carbonyl (C=O) groups is 1. The average molecular weight is 519 g/mol. The van der Waals surface area contributed by atoms with E-state index in [4.69, 9.17) is 18.9 Å². The highest BCUT2D eigenvalue weighted by Crippen LogP contribution is 2.44. The molecule has 2 saturated heterocycles. The Hall–Kier alpha value is -1.29. The summed E-state index contributed by atoms with van der Waals surface area (Å²) in [6.07, 6.45) is -9.09. The zero-order valence-electron chi connectivity index (χ0n) is 20.8. The highest BCUT2D eigenvalue weighted by atomic mass is 16.7. The average Bonchev–Trinajstić information content (AvgIpc) is 2.80. The first-order valence-corrected chi connectivity index (χ1v) is 11.9. The fraction of sp³-hybridized carbons (Fsp3) is 0.792. The van der Waals surface area contributed by atoms with E-state index in [1.165, 1.54) is 12.2 Å². The second-order valence-electron chi connectivity index (χ2n) is 10.4. The van der Waals surface area contributed by atoms with Crippen LogP contribution in [0.1, 0.15) is 34.1 Å².